The quantitative estimate of drug-likeness (QED) is 0.637. The highest BCUT2D eigenvalue weighted by atomic mass is 16.5. The maximum atomic E-state index is 11.5. The van der Waals surface area contributed by atoms with Gasteiger partial charge in [0, 0.05) is 32.7 Å². The molecule has 2 aliphatic heterocycles. The van der Waals surface area contributed by atoms with Crippen molar-refractivity contribution in [3.63, 3.8) is 0 Å². The Labute approximate surface area is 77.5 Å². The zero-order valence-electron chi connectivity index (χ0n) is 7.61. The van der Waals surface area contributed by atoms with Crippen molar-refractivity contribution in [1.82, 2.24) is 4.90 Å². The molecule has 2 heterocycles. The first-order chi connectivity index (χ1) is 6.25. The molecule has 2 aliphatic rings. The number of nitrogens with zero attached hydrogens (tertiary/aromatic N) is 1. The molecule has 4 nitrogen and oxygen atoms in total. The molecule has 0 saturated carbocycles. The van der Waals surface area contributed by atoms with Gasteiger partial charge in [0.2, 0.25) is 5.91 Å². The lowest BCUT2D eigenvalue weighted by molar-refractivity contribution is -0.142. The van der Waals surface area contributed by atoms with Gasteiger partial charge in [-0.1, -0.05) is 0 Å². The summed E-state index contributed by atoms with van der Waals surface area (Å²) in [7, 11) is 0. The Balaban J connectivity index is 1.72. The molecule has 1 amide bonds. The molecule has 2 rings (SSSR count). The summed E-state index contributed by atoms with van der Waals surface area (Å²) in [5.74, 6) is 0.575. The van der Waals surface area contributed by atoms with Gasteiger partial charge in [-0.3, -0.25) is 4.79 Å². The van der Waals surface area contributed by atoms with Gasteiger partial charge in [0.05, 0.1) is 6.10 Å². The highest BCUT2D eigenvalue weighted by Gasteiger charge is 2.30. The molecule has 2 fully saturated rings. The monoisotopic (exact) mass is 185 g/mol. The lowest BCUT2D eigenvalue weighted by atomic mass is 10.0. The van der Waals surface area contributed by atoms with Crippen LogP contribution in [0.1, 0.15) is 12.8 Å². The predicted molar refractivity (Wildman–Crippen MR) is 46.1 cm³/mol. The Morgan fingerprint density at radius 3 is 2.85 bits per heavy atom. The molecule has 4 heteroatoms. The fraction of sp³-hybridized carbons (Fsp3) is 0.889. The van der Waals surface area contributed by atoms with Crippen molar-refractivity contribution in [3.05, 3.63) is 0 Å². The fourth-order valence-electron chi connectivity index (χ4n) is 1.78. The van der Waals surface area contributed by atoms with Crippen molar-refractivity contribution in [2.24, 2.45) is 5.92 Å². The second-order valence-corrected chi connectivity index (χ2v) is 3.89. The summed E-state index contributed by atoms with van der Waals surface area (Å²) >= 11 is 0. The van der Waals surface area contributed by atoms with Crippen LogP contribution in [-0.4, -0.2) is 48.3 Å². The van der Waals surface area contributed by atoms with Crippen LogP contribution in [0.3, 0.4) is 0 Å². The summed E-state index contributed by atoms with van der Waals surface area (Å²) in [4.78, 5) is 13.2. The maximum Gasteiger partial charge on any atom is 0.223 e. The Hall–Kier alpha value is -0.610. The van der Waals surface area contributed by atoms with E-state index >= 15 is 0 Å². The number of carbonyl (C=O) groups is 1. The molecule has 0 aromatic heterocycles. The lowest BCUT2D eigenvalue weighted by Gasteiger charge is -2.36. The first-order valence-electron chi connectivity index (χ1n) is 4.79. The highest BCUT2D eigenvalue weighted by molar-refractivity contribution is 5.77. The van der Waals surface area contributed by atoms with Crippen molar-refractivity contribution in [2.75, 3.05) is 26.3 Å². The number of likely N-dealkylation sites (tertiary alicyclic amines) is 1. The molecule has 0 bridgehead atoms. The summed E-state index contributed by atoms with van der Waals surface area (Å²) in [6.07, 6.45) is 1.30. The molecule has 0 spiro atoms. The normalized spacial score (nSPS) is 29.0. The Bertz CT molecular complexity index is 195. The SMILES string of the molecule is O=C(C[C@H]1CCOC1)N1CC(O)C1. The number of aliphatic hydroxyl groups is 1. The maximum absolute atomic E-state index is 11.5. The van der Waals surface area contributed by atoms with E-state index in [1.165, 1.54) is 0 Å². The van der Waals surface area contributed by atoms with E-state index in [0.717, 1.165) is 19.6 Å². The van der Waals surface area contributed by atoms with E-state index in [1.807, 2.05) is 0 Å². The average molecular weight is 185 g/mol. The van der Waals surface area contributed by atoms with Crippen LogP contribution in [0.5, 0.6) is 0 Å². The number of rotatable bonds is 2. The largest absolute Gasteiger partial charge is 0.389 e. The lowest BCUT2D eigenvalue weighted by Crippen LogP contribution is -2.53. The predicted octanol–water partition coefficient (Wildman–Crippen LogP) is -0.384. The Morgan fingerprint density at radius 1 is 1.54 bits per heavy atom. The van der Waals surface area contributed by atoms with Gasteiger partial charge in [-0.05, 0) is 12.3 Å². The first kappa shape index (κ1) is 8.97. The van der Waals surface area contributed by atoms with E-state index in [9.17, 15) is 4.79 Å². The van der Waals surface area contributed by atoms with Crippen LogP contribution in [0.25, 0.3) is 0 Å². The minimum absolute atomic E-state index is 0.167. The first-order valence-corrected chi connectivity index (χ1v) is 4.79. The van der Waals surface area contributed by atoms with Crippen LogP contribution in [0.2, 0.25) is 0 Å². The molecule has 1 N–H and O–H groups in total. The van der Waals surface area contributed by atoms with E-state index in [4.69, 9.17) is 9.84 Å². The van der Waals surface area contributed by atoms with Crippen molar-refractivity contribution in [2.45, 2.75) is 18.9 Å². The number of aliphatic hydroxyl groups excluding tert-OH is 1. The summed E-state index contributed by atoms with van der Waals surface area (Å²) in [5.41, 5.74) is 0. The molecule has 0 unspecified atom stereocenters. The molecular formula is C9H15NO3. The van der Waals surface area contributed by atoms with Crippen LogP contribution >= 0.6 is 0 Å². The second kappa shape index (κ2) is 3.64. The minimum Gasteiger partial charge on any atom is -0.389 e. The molecule has 2 saturated heterocycles. The van der Waals surface area contributed by atoms with Gasteiger partial charge in [-0.2, -0.15) is 0 Å². The molecule has 13 heavy (non-hydrogen) atoms. The number of amides is 1. The van der Waals surface area contributed by atoms with Crippen LogP contribution in [-0.2, 0) is 9.53 Å². The molecule has 0 aromatic rings. The third-order valence-corrected chi connectivity index (χ3v) is 2.70. The third kappa shape index (κ3) is 2.00. The van der Waals surface area contributed by atoms with Crippen molar-refractivity contribution >= 4 is 5.91 Å². The third-order valence-electron chi connectivity index (χ3n) is 2.70. The van der Waals surface area contributed by atoms with Gasteiger partial charge in [0.15, 0.2) is 0 Å². The zero-order chi connectivity index (χ0) is 9.26. The molecular weight excluding hydrogens is 170 g/mol. The fourth-order valence-corrected chi connectivity index (χ4v) is 1.78. The number of carbonyl (C=O) groups excluding carboxylic acids is 1. The number of hydrogen-bond acceptors (Lipinski definition) is 3. The highest BCUT2D eigenvalue weighted by Crippen LogP contribution is 2.19. The summed E-state index contributed by atoms with van der Waals surface area (Å²) in [5, 5.41) is 9.01. The van der Waals surface area contributed by atoms with Crippen LogP contribution < -0.4 is 0 Å². The standard InChI is InChI=1S/C9H15NO3/c11-8-4-10(5-8)9(12)3-7-1-2-13-6-7/h7-8,11H,1-6H2/t7-/m1/s1. The van der Waals surface area contributed by atoms with Gasteiger partial charge in [-0.15, -0.1) is 0 Å². The van der Waals surface area contributed by atoms with Gasteiger partial charge < -0.3 is 14.7 Å². The topological polar surface area (TPSA) is 49.8 Å². The molecule has 74 valence electrons. The summed E-state index contributed by atoms with van der Waals surface area (Å²) in [6, 6.07) is 0. The molecule has 0 aliphatic carbocycles. The summed E-state index contributed by atoms with van der Waals surface area (Å²) < 4.78 is 5.19. The van der Waals surface area contributed by atoms with Crippen molar-refractivity contribution < 1.29 is 14.6 Å². The number of β-amino-alcohol motifs (C(OH)–C–C–N with tert-alkyl or cyclic N) is 1. The zero-order valence-corrected chi connectivity index (χ0v) is 7.61. The van der Waals surface area contributed by atoms with E-state index in [0.29, 0.717) is 25.4 Å². The van der Waals surface area contributed by atoms with Crippen LogP contribution in [0.15, 0.2) is 0 Å². The molecule has 0 radical (unpaired) electrons. The number of ether oxygens (including phenoxy) is 1. The molecule has 0 aromatic carbocycles. The second-order valence-electron chi connectivity index (χ2n) is 3.89. The Morgan fingerprint density at radius 2 is 2.31 bits per heavy atom. The van der Waals surface area contributed by atoms with Crippen LogP contribution in [0, 0.1) is 5.92 Å². The minimum atomic E-state index is -0.288. The summed E-state index contributed by atoms with van der Waals surface area (Å²) in [6.45, 7) is 2.56. The van der Waals surface area contributed by atoms with E-state index in [-0.39, 0.29) is 12.0 Å². The van der Waals surface area contributed by atoms with Crippen LogP contribution in [0.4, 0.5) is 0 Å². The van der Waals surface area contributed by atoms with E-state index in [1.54, 1.807) is 4.90 Å². The van der Waals surface area contributed by atoms with Crippen molar-refractivity contribution in [1.29, 1.82) is 0 Å². The van der Waals surface area contributed by atoms with Gasteiger partial charge >= 0.3 is 0 Å². The number of hydrogen-bond donors (Lipinski definition) is 1. The van der Waals surface area contributed by atoms with Gasteiger partial charge in [0.25, 0.3) is 0 Å². The average Bonchev–Trinajstić information content (AvgIpc) is 2.51. The molecule has 1 atom stereocenters. The van der Waals surface area contributed by atoms with Crippen molar-refractivity contribution in [3.8, 4) is 0 Å². The smallest absolute Gasteiger partial charge is 0.223 e. The van der Waals surface area contributed by atoms with Gasteiger partial charge in [0.1, 0.15) is 0 Å². The van der Waals surface area contributed by atoms with Gasteiger partial charge in [-0.25, -0.2) is 0 Å². The van der Waals surface area contributed by atoms with E-state index < -0.39 is 0 Å². The van der Waals surface area contributed by atoms with E-state index in [2.05, 4.69) is 0 Å². The Kier molecular flexibility index (Phi) is 2.51.